The van der Waals surface area contributed by atoms with Crippen LogP contribution < -0.4 is 0 Å². The second-order valence-electron chi connectivity index (χ2n) is 5.32. The molecule has 2 aliphatic rings. The highest BCUT2D eigenvalue weighted by molar-refractivity contribution is 6.22. The standard InChI is InChI=1S/C15H16N2O3/c1-10-5-4-8-16(10)13(18)9-17-14(19)11-6-2-3-7-12(11)15(17)20/h2-3,6-7,10H,4-5,8-9H2,1H3. The highest BCUT2D eigenvalue weighted by Gasteiger charge is 2.38. The van der Waals surface area contributed by atoms with Gasteiger partial charge < -0.3 is 4.90 Å². The van der Waals surface area contributed by atoms with Crippen LogP contribution in [-0.4, -0.2) is 46.7 Å². The van der Waals surface area contributed by atoms with Crippen molar-refractivity contribution in [1.82, 2.24) is 9.80 Å². The summed E-state index contributed by atoms with van der Waals surface area (Å²) in [6.45, 7) is 2.55. The van der Waals surface area contributed by atoms with E-state index in [4.69, 9.17) is 0 Å². The SMILES string of the molecule is CC1CCCN1C(=O)CN1C(=O)c2ccccc2C1=O. The lowest BCUT2D eigenvalue weighted by Crippen LogP contribution is -2.43. The molecule has 2 heterocycles. The Hall–Kier alpha value is -2.17. The molecule has 20 heavy (non-hydrogen) atoms. The fourth-order valence-corrected chi connectivity index (χ4v) is 2.91. The topological polar surface area (TPSA) is 57.7 Å². The van der Waals surface area contributed by atoms with Crippen LogP contribution in [0.15, 0.2) is 24.3 Å². The molecule has 0 bridgehead atoms. The third-order valence-corrected chi connectivity index (χ3v) is 4.04. The molecule has 5 heteroatoms. The van der Waals surface area contributed by atoms with Gasteiger partial charge in [0.1, 0.15) is 6.54 Å². The highest BCUT2D eigenvalue weighted by atomic mass is 16.2. The Kier molecular flexibility index (Phi) is 3.04. The van der Waals surface area contributed by atoms with Gasteiger partial charge in [0, 0.05) is 12.6 Å². The van der Waals surface area contributed by atoms with Gasteiger partial charge in [0.05, 0.1) is 11.1 Å². The van der Waals surface area contributed by atoms with Crippen LogP contribution in [0.2, 0.25) is 0 Å². The van der Waals surface area contributed by atoms with E-state index in [0.29, 0.717) is 17.7 Å². The number of imide groups is 1. The highest BCUT2D eigenvalue weighted by Crippen LogP contribution is 2.23. The molecule has 2 aliphatic heterocycles. The summed E-state index contributed by atoms with van der Waals surface area (Å²) in [6.07, 6.45) is 1.96. The van der Waals surface area contributed by atoms with E-state index < -0.39 is 0 Å². The minimum atomic E-state index is -0.370. The number of carbonyl (C=O) groups is 3. The molecular weight excluding hydrogens is 256 g/mol. The third kappa shape index (κ3) is 1.90. The van der Waals surface area contributed by atoms with Crippen LogP contribution in [0.4, 0.5) is 0 Å². The molecule has 0 aromatic heterocycles. The molecule has 1 aromatic rings. The van der Waals surface area contributed by atoms with Crippen molar-refractivity contribution in [3.05, 3.63) is 35.4 Å². The average Bonchev–Trinajstić information content (AvgIpc) is 2.97. The van der Waals surface area contributed by atoms with Crippen molar-refractivity contribution in [3.63, 3.8) is 0 Å². The summed E-state index contributed by atoms with van der Waals surface area (Å²) < 4.78 is 0. The van der Waals surface area contributed by atoms with Crippen LogP contribution in [0, 0.1) is 0 Å². The molecular formula is C15H16N2O3. The Labute approximate surface area is 117 Å². The van der Waals surface area contributed by atoms with Gasteiger partial charge >= 0.3 is 0 Å². The van der Waals surface area contributed by atoms with Gasteiger partial charge in [0.15, 0.2) is 0 Å². The van der Waals surface area contributed by atoms with Crippen LogP contribution in [0.3, 0.4) is 0 Å². The molecule has 0 radical (unpaired) electrons. The van der Waals surface area contributed by atoms with Crippen LogP contribution in [-0.2, 0) is 4.79 Å². The monoisotopic (exact) mass is 272 g/mol. The number of nitrogens with zero attached hydrogens (tertiary/aromatic N) is 2. The van der Waals surface area contributed by atoms with E-state index >= 15 is 0 Å². The Bertz CT molecular complexity index is 562. The van der Waals surface area contributed by atoms with Gasteiger partial charge in [0.25, 0.3) is 11.8 Å². The summed E-state index contributed by atoms with van der Waals surface area (Å²) in [4.78, 5) is 39.4. The first-order valence-electron chi connectivity index (χ1n) is 6.84. The zero-order valence-corrected chi connectivity index (χ0v) is 11.3. The number of fused-ring (bicyclic) bond motifs is 1. The maximum absolute atomic E-state index is 12.2. The Morgan fingerprint density at radius 2 is 1.80 bits per heavy atom. The zero-order chi connectivity index (χ0) is 14.3. The zero-order valence-electron chi connectivity index (χ0n) is 11.3. The number of benzene rings is 1. The molecule has 1 fully saturated rings. The van der Waals surface area contributed by atoms with Crippen LogP contribution in [0.1, 0.15) is 40.5 Å². The van der Waals surface area contributed by atoms with E-state index in [1.807, 2.05) is 6.92 Å². The number of hydrogen-bond acceptors (Lipinski definition) is 3. The van der Waals surface area contributed by atoms with E-state index in [2.05, 4.69) is 0 Å². The predicted molar refractivity (Wildman–Crippen MR) is 72.2 cm³/mol. The minimum Gasteiger partial charge on any atom is -0.338 e. The summed E-state index contributed by atoms with van der Waals surface area (Å²) in [5, 5.41) is 0. The predicted octanol–water partition coefficient (Wildman–Crippen LogP) is 1.29. The maximum Gasteiger partial charge on any atom is 0.262 e. The first-order valence-corrected chi connectivity index (χ1v) is 6.84. The molecule has 1 atom stereocenters. The lowest BCUT2D eigenvalue weighted by Gasteiger charge is -2.23. The summed E-state index contributed by atoms with van der Waals surface area (Å²) in [5.74, 6) is -0.888. The first kappa shape index (κ1) is 12.8. The van der Waals surface area contributed by atoms with Gasteiger partial charge in [-0.1, -0.05) is 12.1 Å². The van der Waals surface area contributed by atoms with Gasteiger partial charge in [-0.15, -0.1) is 0 Å². The molecule has 0 aliphatic carbocycles. The van der Waals surface area contributed by atoms with E-state index in [0.717, 1.165) is 17.7 Å². The van der Waals surface area contributed by atoms with Crippen molar-refractivity contribution in [3.8, 4) is 0 Å². The first-order chi connectivity index (χ1) is 9.59. The van der Waals surface area contributed by atoms with Gasteiger partial charge in [-0.3, -0.25) is 19.3 Å². The number of amides is 3. The number of likely N-dealkylation sites (tertiary alicyclic amines) is 1. The van der Waals surface area contributed by atoms with Crippen LogP contribution in [0.5, 0.6) is 0 Å². The van der Waals surface area contributed by atoms with E-state index in [1.54, 1.807) is 29.2 Å². The second kappa shape index (κ2) is 4.74. The number of rotatable bonds is 2. The molecule has 3 amide bonds. The van der Waals surface area contributed by atoms with Crippen molar-refractivity contribution in [2.75, 3.05) is 13.1 Å². The molecule has 104 valence electrons. The van der Waals surface area contributed by atoms with Crippen molar-refractivity contribution in [2.45, 2.75) is 25.8 Å². The van der Waals surface area contributed by atoms with Crippen molar-refractivity contribution in [2.24, 2.45) is 0 Å². The van der Waals surface area contributed by atoms with Crippen LogP contribution >= 0.6 is 0 Å². The molecule has 0 spiro atoms. The van der Waals surface area contributed by atoms with Crippen molar-refractivity contribution >= 4 is 17.7 Å². The summed E-state index contributed by atoms with van der Waals surface area (Å²) in [7, 11) is 0. The summed E-state index contributed by atoms with van der Waals surface area (Å²) in [5.41, 5.74) is 0.777. The van der Waals surface area contributed by atoms with Gasteiger partial charge in [-0.05, 0) is 31.9 Å². The lowest BCUT2D eigenvalue weighted by molar-refractivity contribution is -0.132. The smallest absolute Gasteiger partial charge is 0.262 e. The molecule has 0 saturated carbocycles. The van der Waals surface area contributed by atoms with Crippen molar-refractivity contribution in [1.29, 1.82) is 0 Å². The lowest BCUT2D eigenvalue weighted by atomic mass is 10.1. The summed E-state index contributed by atoms with van der Waals surface area (Å²) >= 11 is 0. The molecule has 1 saturated heterocycles. The Balaban J connectivity index is 1.78. The van der Waals surface area contributed by atoms with Gasteiger partial charge in [-0.25, -0.2) is 0 Å². The quantitative estimate of drug-likeness (QED) is 0.762. The fraction of sp³-hybridized carbons (Fsp3) is 0.400. The molecule has 0 N–H and O–H groups in total. The third-order valence-electron chi connectivity index (χ3n) is 4.04. The van der Waals surface area contributed by atoms with Gasteiger partial charge in [0.2, 0.25) is 5.91 Å². The Morgan fingerprint density at radius 3 is 2.30 bits per heavy atom. The molecule has 3 rings (SSSR count). The number of carbonyl (C=O) groups excluding carboxylic acids is 3. The Morgan fingerprint density at radius 1 is 1.20 bits per heavy atom. The maximum atomic E-state index is 12.2. The molecule has 5 nitrogen and oxygen atoms in total. The minimum absolute atomic E-state index is 0.149. The van der Waals surface area contributed by atoms with E-state index in [1.165, 1.54) is 0 Å². The van der Waals surface area contributed by atoms with Crippen molar-refractivity contribution < 1.29 is 14.4 Å². The normalized spacial score (nSPS) is 21.6. The average molecular weight is 272 g/mol. The molecule has 1 aromatic carbocycles. The fourth-order valence-electron chi connectivity index (χ4n) is 2.91. The number of hydrogen-bond donors (Lipinski definition) is 0. The second-order valence-corrected chi connectivity index (χ2v) is 5.32. The van der Waals surface area contributed by atoms with E-state index in [9.17, 15) is 14.4 Å². The summed E-state index contributed by atoms with van der Waals surface area (Å²) in [6, 6.07) is 6.88. The van der Waals surface area contributed by atoms with Gasteiger partial charge in [-0.2, -0.15) is 0 Å². The molecule has 1 unspecified atom stereocenters. The largest absolute Gasteiger partial charge is 0.338 e. The van der Waals surface area contributed by atoms with Crippen LogP contribution in [0.25, 0.3) is 0 Å². The van der Waals surface area contributed by atoms with E-state index in [-0.39, 0.29) is 30.3 Å².